The molecule has 0 saturated carbocycles. The molecule has 1 heterocycles. The maximum Gasteiger partial charge on any atom is 0.0601 e. The summed E-state index contributed by atoms with van der Waals surface area (Å²) in [5.41, 5.74) is 2.48. The smallest absolute Gasteiger partial charge is 0.0601 e. The van der Waals surface area contributed by atoms with Gasteiger partial charge < -0.3 is 4.98 Å². The quantitative estimate of drug-likeness (QED) is 0.707. The number of aryl methyl sites for hydroxylation is 1. The molecule has 1 aromatic carbocycles. The molecule has 1 aromatic heterocycles. The number of H-pyrrole nitrogens is 1. The molecule has 2 aromatic rings. The molecule has 0 radical (unpaired) electrons. The lowest BCUT2D eigenvalue weighted by molar-refractivity contribution is 1.42. The molecule has 0 aliphatic rings. The van der Waals surface area contributed by atoms with Crippen molar-refractivity contribution < 1.29 is 0 Å². The number of fused-ring (bicyclic) bond motifs is 1. The third kappa shape index (κ3) is 1.94. The first-order valence-corrected chi connectivity index (χ1v) is 5.30. The van der Waals surface area contributed by atoms with Crippen LogP contribution < -0.4 is 0 Å². The third-order valence-corrected chi connectivity index (χ3v) is 2.53. The fourth-order valence-corrected chi connectivity index (χ4v) is 1.74. The van der Waals surface area contributed by atoms with Gasteiger partial charge in [0, 0.05) is 16.1 Å². The van der Waals surface area contributed by atoms with Crippen molar-refractivity contribution in [2.75, 3.05) is 0 Å². The molecule has 1 nitrogen and oxygen atoms in total. The minimum Gasteiger partial charge on any atom is -0.360 e. The van der Waals surface area contributed by atoms with Crippen molar-refractivity contribution in [1.29, 1.82) is 0 Å². The largest absolute Gasteiger partial charge is 0.360 e. The molecule has 0 fully saturated rings. The Morgan fingerprint density at radius 1 is 1.23 bits per heavy atom. The van der Waals surface area contributed by atoms with Gasteiger partial charge in [0.05, 0.1) is 5.52 Å². The molecule has 1 N–H and O–H groups in total. The third-order valence-electron chi connectivity index (χ3n) is 1.87. The highest BCUT2D eigenvalue weighted by molar-refractivity contribution is 9.10. The average molecular weight is 240 g/mol. The first-order chi connectivity index (χ1) is 6.29. The van der Waals surface area contributed by atoms with Gasteiger partial charge in [0.25, 0.3) is 0 Å². The second kappa shape index (κ2) is 4.47. The van der Waals surface area contributed by atoms with Crippen molar-refractivity contribution in [2.24, 2.45) is 0 Å². The van der Waals surface area contributed by atoms with Crippen LogP contribution in [0.15, 0.2) is 28.9 Å². The van der Waals surface area contributed by atoms with Crippen molar-refractivity contribution in [2.45, 2.75) is 20.8 Å². The Kier molecular flexibility index (Phi) is 3.55. The number of benzene rings is 1. The molecule has 70 valence electrons. The zero-order chi connectivity index (χ0) is 9.84. The van der Waals surface area contributed by atoms with Gasteiger partial charge in [0.15, 0.2) is 0 Å². The summed E-state index contributed by atoms with van der Waals surface area (Å²) >= 11 is 3.48. The van der Waals surface area contributed by atoms with E-state index >= 15 is 0 Å². The van der Waals surface area contributed by atoms with E-state index < -0.39 is 0 Å². The van der Waals surface area contributed by atoms with Gasteiger partial charge in [-0.2, -0.15) is 0 Å². The molecule has 0 saturated heterocycles. The maximum absolute atomic E-state index is 3.48. The van der Waals surface area contributed by atoms with Crippen molar-refractivity contribution in [3.8, 4) is 0 Å². The van der Waals surface area contributed by atoms with Crippen LogP contribution in [-0.2, 0) is 0 Å². The Hall–Kier alpha value is -0.760. The standard InChI is InChI=1S/C9H8BrN.C2H6/c1-6-5-11-9-7(6)3-2-4-8(9)10;1-2/h2-5,11H,1H3;1-2H3. The molecule has 13 heavy (non-hydrogen) atoms. The molecule has 0 aliphatic heterocycles. The SMILES string of the molecule is CC.Cc1c[nH]c2c(Br)cccc12. The number of aromatic amines is 1. The van der Waals surface area contributed by atoms with Gasteiger partial charge in [-0.3, -0.25) is 0 Å². The summed E-state index contributed by atoms with van der Waals surface area (Å²) in [6, 6.07) is 6.21. The maximum atomic E-state index is 3.48. The van der Waals surface area contributed by atoms with Crippen LogP contribution in [-0.4, -0.2) is 4.98 Å². The van der Waals surface area contributed by atoms with Crippen molar-refractivity contribution in [3.05, 3.63) is 34.4 Å². The Balaban J connectivity index is 0.000000396. The first kappa shape index (κ1) is 10.3. The molecule has 0 amide bonds. The zero-order valence-electron chi connectivity index (χ0n) is 8.19. The lowest BCUT2D eigenvalue weighted by Crippen LogP contribution is -1.69. The number of para-hydroxylation sites is 1. The van der Waals surface area contributed by atoms with Gasteiger partial charge in [-0.1, -0.05) is 26.0 Å². The highest BCUT2D eigenvalue weighted by Gasteiger charge is 2.00. The number of hydrogen-bond donors (Lipinski definition) is 1. The van der Waals surface area contributed by atoms with Crippen LogP contribution in [0.25, 0.3) is 10.9 Å². The number of aromatic nitrogens is 1. The summed E-state index contributed by atoms with van der Waals surface area (Å²) in [6.45, 7) is 6.10. The summed E-state index contributed by atoms with van der Waals surface area (Å²) in [5.74, 6) is 0. The molecule has 2 heteroatoms. The molecule has 0 aliphatic carbocycles. The Labute approximate surface area is 87.3 Å². The Morgan fingerprint density at radius 3 is 2.54 bits per heavy atom. The van der Waals surface area contributed by atoms with E-state index in [9.17, 15) is 0 Å². The van der Waals surface area contributed by atoms with E-state index in [-0.39, 0.29) is 0 Å². The van der Waals surface area contributed by atoms with Crippen molar-refractivity contribution in [1.82, 2.24) is 4.98 Å². The molecule has 0 atom stereocenters. The first-order valence-electron chi connectivity index (χ1n) is 4.51. The van der Waals surface area contributed by atoms with E-state index in [2.05, 4.69) is 33.9 Å². The Morgan fingerprint density at radius 2 is 1.92 bits per heavy atom. The molecule has 0 unspecified atom stereocenters. The predicted molar refractivity (Wildman–Crippen MR) is 62.1 cm³/mol. The molecule has 0 spiro atoms. The van der Waals surface area contributed by atoms with Crippen LogP contribution >= 0.6 is 15.9 Å². The lowest BCUT2D eigenvalue weighted by atomic mass is 10.2. The molecular weight excluding hydrogens is 226 g/mol. The number of hydrogen-bond acceptors (Lipinski definition) is 0. The summed E-state index contributed by atoms with van der Waals surface area (Å²) < 4.78 is 1.13. The summed E-state index contributed by atoms with van der Waals surface area (Å²) in [6.07, 6.45) is 2.02. The van der Waals surface area contributed by atoms with E-state index in [1.807, 2.05) is 32.2 Å². The van der Waals surface area contributed by atoms with Crippen LogP contribution in [0.3, 0.4) is 0 Å². The number of halogens is 1. The second-order valence-corrected chi connectivity index (χ2v) is 3.49. The minimum atomic E-state index is 1.13. The van der Waals surface area contributed by atoms with Gasteiger partial charge in [-0.15, -0.1) is 0 Å². The summed E-state index contributed by atoms with van der Waals surface area (Å²) in [7, 11) is 0. The zero-order valence-corrected chi connectivity index (χ0v) is 9.77. The predicted octanol–water partition coefficient (Wildman–Crippen LogP) is 4.27. The summed E-state index contributed by atoms with van der Waals surface area (Å²) in [5, 5.41) is 1.29. The normalized spacial score (nSPS) is 9.54. The summed E-state index contributed by atoms with van der Waals surface area (Å²) in [4.78, 5) is 3.21. The van der Waals surface area contributed by atoms with Gasteiger partial charge in [-0.25, -0.2) is 0 Å². The van der Waals surface area contributed by atoms with Gasteiger partial charge in [0.1, 0.15) is 0 Å². The highest BCUT2D eigenvalue weighted by atomic mass is 79.9. The van der Waals surface area contributed by atoms with E-state index in [4.69, 9.17) is 0 Å². The minimum absolute atomic E-state index is 1.13. The fourth-order valence-electron chi connectivity index (χ4n) is 1.26. The molecular formula is C11H14BrN. The van der Waals surface area contributed by atoms with Crippen molar-refractivity contribution in [3.63, 3.8) is 0 Å². The topological polar surface area (TPSA) is 15.8 Å². The van der Waals surface area contributed by atoms with E-state index in [0.29, 0.717) is 0 Å². The second-order valence-electron chi connectivity index (χ2n) is 2.63. The van der Waals surface area contributed by atoms with Crippen LogP contribution in [0.1, 0.15) is 19.4 Å². The van der Waals surface area contributed by atoms with Crippen LogP contribution in [0.4, 0.5) is 0 Å². The van der Waals surface area contributed by atoms with E-state index in [1.54, 1.807) is 0 Å². The molecule has 0 bridgehead atoms. The van der Waals surface area contributed by atoms with Gasteiger partial charge in [0.2, 0.25) is 0 Å². The van der Waals surface area contributed by atoms with Crippen molar-refractivity contribution >= 4 is 26.8 Å². The fraction of sp³-hybridized carbons (Fsp3) is 0.273. The lowest BCUT2D eigenvalue weighted by Gasteiger charge is -1.92. The van der Waals surface area contributed by atoms with Crippen LogP contribution in [0, 0.1) is 6.92 Å². The number of nitrogens with one attached hydrogen (secondary N) is 1. The highest BCUT2D eigenvalue weighted by Crippen LogP contribution is 2.24. The van der Waals surface area contributed by atoms with Gasteiger partial charge >= 0.3 is 0 Å². The van der Waals surface area contributed by atoms with E-state index in [1.165, 1.54) is 16.5 Å². The Bertz CT molecular complexity index is 390. The van der Waals surface area contributed by atoms with Crippen LogP contribution in [0.5, 0.6) is 0 Å². The van der Waals surface area contributed by atoms with E-state index in [0.717, 1.165) is 4.47 Å². The van der Waals surface area contributed by atoms with Crippen LogP contribution in [0.2, 0.25) is 0 Å². The monoisotopic (exact) mass is 239 g/mol. The number of rotatable bonds is 0. The average Bonchev–Trinajstić information content (AvgIpc) is 2.53. The van der Waals surface area contributed by atoms with Gasteiger partial charge in [-0.05, 0) is 34.5 Å². The molecule has 2 rings (SSSR count).